The molecule has 1 fully saturated rings. The Balaban J connectivity index is 1.37. The Hall–Kier alpha value is -3.29. The van der Waals surface area contributed by atoms with Gasteiger partial charge in [0.2, 0.25) is 5.65 Å². The molecule has 0 unspecified atom stereocenters. The number of hydrogen-bond acceptors (Lipinski definition) is 7. The van der Waals surface area contributed by atoms with Gasteiger partial charge in [-0.2, -0.15) is 0 Å². The van der Waals surface area contributed by atoms with E-state index in [0.717, 1.165) is 54.5 Å². The van der Waals surface area contributed by atoms with Crippen LogP contribution < -0.4 is 9.80 Å². The molecule has 4 aromatic rings. The van der Waals surface area contributed by atoms with Crippen LogP contribution in [0.1, 0.15) is 0 Å². The summed E-state index contributed by atoms with van der Waals surface area (Å²) >= 11 is 0. The number of nitrogens with zero attached hydrogens (tertiary/aromatic N) is 8. The summed E-state index contributed by atoms with van der Waals surface area (Å²) in [6, 6.07) is 7.95. The lowest BCUT2D eigenvalue weighted by atomic mass is 10.3. The van der Waals surface area contributed by atoms with Crippen molar-refractivity contribution in [3.63, 3.8) is 0 Å². The van der Waals surface area contributed by atoms with Crippen molar-refractivity contribution >= 4 is 28.3 Å². The summed E-state index contributed by atoms with van der Waals surface area (Å²) in [6.45, 7) is 3.44. The molecule has 8 nitrogen and oxygen atoms in total. The Bertz CT molecular complexity index is 1030. The molecule has 0 aliphatic carbocycles. The van der Waals surface area contributed by atoms with Crippen LogP contribution in [0.4, 0.5) is 11.6 Å². The van der Waals surface area contributed by atoms with E-state index >= 15 is 0 Å². The van der Waals surface area contributed by atoms with Gasteiger partial charge in [0, 0.05) is 38.6 Å². The first kappa shape index (κ1) is 14.1. The normalized spacial score (nSPS) is 15.2. The molecule has 0 spiro atoms. The molecule has 0 bridgehead atoms. The second-order valence-electron chi connectivity index (χ2n) is 6.00. The monoisotopic (exact) mass is 332 g/mol. The Morgan fingerprint density at radius 1 is 0.880 bits per heavy atom. The zero-order chi connectivity index (χ0) is 16.6. The molecular formula is C17H16N8. The minimum atomic E-state index is 0.793. The first-order valence-electron chi connectivity index (χ1n) is 8.24. The minimum Gasteiger partial charge on any atom is -0.352 e. The number of anilines is 2. The molecule has 1 saturated heterocycles. The molecule has 0 atom stereocenters. The van der Waals surface area contributed by atoms with Crippen molar-refractivity contribution in [2.75, 3.05) is 36.0 Å². The number of rotatable bonds is 2. The third-order valence-corrected chi connectivity index (χ3v) is 4.54. The number of benzene rings is 1. The lowest BCUT2D eigenvalue weighted by molar-refractivity contribution is 0.641. The van der Waals surface area contributed by atoms with Crippen molar-refractivity contribution in [1.82, 2.24) is 29.5 Å². The zero-order valence-corrected chi connectivity index (χ0v) is 13.5. The van der Waals surface area contributed by atoms with E-state index < -0.39 is 0 Å². The molecule has 0 N–H and O–H groups in total. The van der Waals surface area contributed by atoms with Crippen molar-refractivity contribution in [2.24, 2.45) is 0 Å². The highest BCUT2D eigenvalue weighted by molar-refractivity contribution is 5.75. The van der Waals surface area contributed by atoms with Crippen LogP contribution in [-0.2, 0) is 0 Å². The minimum absolute atomic E-state index is 0.793. The smallest absolute Gasteiger partial charge is 0.203 e. The highest BCUT2D eigenvalue weighted by atomic mass is 15.3. The summed E-state index contributed by atoms with van der Waals surface area (Å²) in [6.07, 6.45) is 7.20. The van der Waals surface area contributed by atoms with E-state index in [4.69, 9.17) is 4.98 Å². The van der Waals surface area contributed by atoms with E-state index in [1.54, 1.807) is 12.5 Å². The second-order valence-corrected chi connectivity index (χ2v) is 6.00. The Morgan fingerprint density at radius 3 is 2.56 bits per heavy atom. The maximum atomic E-state index is 4.74. The van der Waals surface area contributed by atoms with Crippen molar-refractivity contribution in [3.8, 4) is 0 Å². The average molecular weight is 332 g/mol. The van der Waals surface area contributed by atoms with Crippen molar-refractivity contribution in [2.45, 2.75) is 0 Å². The molecule has 0 amide bonds. The first-order valence-corrected chi connectivity index (χ1v) is 8.24. The van der Waals surface area contributed by atoms with Gasteiger partial charge in [0.25, 0.3) is 0 Å². The van der Waals surface area contributed by atoms with E-state index in [9.17, 15) is 0 Å². The lowest BCUT2D eigenvalue weighted by Gasteiger charge is -2.35. The van der Waals surface area contributed by atoms with Crippen LogP contribution in [0, 0.1) is 0 Å². The van der Waals surface area contributed by atoms with Gasteiger partial charge in [-0.1, -0.05) is 12.1 Å². The number of para-hydroxylation sites is 2. The fourth-order valence-electron chi connectivity index (χ4n) is 3.22. The molecule has 0 saturated carbocycles. The van der Waals surface area contributed by atoms with E-state index in [0.29, 0.717) is 0 Å². The van der Waals surface area contributed by atoms with E-state index in [-0.39, 0.29) is 0 Å². The Kier molecular flexibility index (Phi) is 3.19. The van der Waals surface area contributed by atoms with Crippen LogP contribution in [-0.4, -0.2) is 55.7 Å². The summed E-state index contributed by atoms with van der Waals surface area (Å²) in [5.41, 5.74) is 2.64. The zero-order valence-electron chi connectivity index (χ0n) is 13.5. The van der Waals surface area contributed by atoms with Crippen LogP contribution >= 0.6 is 0 Å². The molecule has 3 aromatic heterocycles. The molecule has 5 rings (SSSR count). The Morgan fingerprint density at radius 2 is 1.68 bits per heavy atom. The fourth-order valence-corrected chi connectivity index (χ4v) is 3.22. The van der Waals surface area contributed by atoms with Crippen molar-refractivity contribution < 1.29 is 0 Å². The van der Waals surface area contributed by atoms with Crippen molar-refractivity contribution in [1.29, 1.82) is 0 Å². The van der Waals surface area contributed by atoms with Crippen LogP contribution in [0.5, 0.6) is 0 Å². The summed E-state index contributed by atoms with van der Waals surface area (Å²) in [7, 11) is 0. The number of piperazine rings is 1. The summed E-state index contributed by atoms with van der Waals surface area (Å²) in [5, 5.41) is 8.14. The molecule has 124 valence electrons. The molecule has 1 aliphatic rings. The summed E-state index contributed by atoms with van der Waals surface area (Å²) in [5.74, 6) is 1.80. The third-order valence-electron chi connectivity index (χ3n) is 4.54. The quantitative estimate of drug-likeness (QED) is 0.549. The maximum Gasteiger partial charge on any atom is 0.203 e. The number of aromatic nitrogens is 6. The van der Waals surface area contributed by atoms with Gasteiger partial charge < -0.3 is 9.80 Å². The van der Waals surface area contributed by atoms with Crippen molar-refractivity contribution in [3.05, 3.63) is 49.2 Å². The third kappa shape index (κ3) is 2.42. The van der Waals surface area contributed by atoms with Gasteiger partial charge in [0.05, 0.1) is 17.2 Å². The van der Waals surface area contributed by atoms with Gasteiger partial charge in [0.1, 0.15) is 12.1 Å². The fraction of sp³-hybridized carbons (Fsp3) is 0.235. The molecule has 0 radical (unpaired) electrons. The van der Waals surface area contributed by atoms with Crippen LogP contribution in [0.25, 0.3) is 16.7 Å². The highest BCUT2D eigenvalue weighted by Crippen LogP contribution is 2.21. The number of hydrogen-bond donors (Lipinski definition) is 0. The summed E-state index contributed by atoms with van der Waals surface area (Å²) < 4.78 is 1.89. The topological polar surface area (TPSA) is 75.3 Å². The largest absolute Gasteiger partial charge is 0.352 e. The molecule has 1 aromatic carbocycles. The van der Waals surface area contributed by atoms with Gasteiger partial charge in [0.15, 0.2) is 5.82 Å². The predicted molar refractivity (Wildman–Crippen MR) is 94.7 cm³/mol. The number of fused-ring (bicyclic) bond motifs is 2. The molecular weight excluding hydrogens is 316 g/mol. The van der Waals surface area contributed by atoms with Gasteiger partial charge >= 0.3 is 0 Å². The molecule has 1 aliphatic heterocycles. The molecule has 25 heavy (non-hydrogen) atoms. The predicted octanol–water partition coefficient (Wildman–Crippen LogP) is 1.39. The van der Waals surface area contributed by atoms with Crippen LogP contribution in [0.3, 0.4) is 0 Å². The van der Waals surface area contributed by atoms with E-state index in [1.807, 2.05) is 41.1 Å². The Labute approximate surface area is 143 Å². The molecule has 4 heterocycles. The van der Waals surface area contributed by atoms with Gasteiger partial charge in [-0.15, -0.1) is 10.2 Å². The van der Waals surface area contributed by atoms with Gasteiger partial charge in [-0.3, -0.25) is 9.38 Å². The van der Waals surface area contributed by atoms with Crippen LogP contribution in [0.15, 0.2) is 49.2 Å². The SMILES string of the molecule is c1ccc2nc(N3CCN(c4nccn5cnnc45)CC3)cnc2c1. The van der Waals surface area contributed by atoms with E-state index in [2.05, 4.69) is 30.0 Å². The first-order chi connectivity index (χ1) is 12.4. The average Bonchev–Trinajstić information content (AvgIpc) is 3.17. The second kappa shape index (κ2) is 5.66. The molecule has 8 heteroatoms. The van der Waals surface area contributed by atoms with Gasteiger partial charge in [-0.25, -0.2) is 9.97 Å². The van der Waals surface area contributed by atoms with Crippen LogP contribution in [0.2, 0.25) is 0 Å². The maximum absolute atomic E-state index is 4.74. The van der Waals surface area contributed by atoms with Gasteiger partial charge in [-0.05, 0) is 12.1 Å². The van der Waals surface area contributed by atoms with E-state index in [1.165, 1.54) is 0 Å². The standard InChI is InChI=1S/C17H16N8/c1-2-4-14-13(3-1)19-11-15(21-14)23-7-9-24(10-8-23)16-17-22-20-12-25(17)6-5-18-16/h1-6,11-12H,7-10H2. The lowest BCUT2D eigenvalue weighted by Crippen LogP contribution is -2.47. The summed E-state index contributed by atoms with van der Waals surface area (Å²) in [4.78, 5) is 18.3. The highest BCUT2D eigenvalue weighted by Gasteiger charge is 2.21.